The minimum atomic E-state index is -0.627. The van der Waals surface area contributed by atoms with Gasteiger partial charge in [0.25, 0.3) is 17.4 Å². The van der Waals surface area contributed by atoms with E-state index >= 15 is 0 Å². The van der Waals surface area contributed by atoms with Gasteiger partial charge in [-0.15, -0.1) is 0 Å². The molecule has 0 aliphatic rings. The lowest BCUT2D eigenvalue weighted by Crippen LogP contribution is -2.44. The summed E-state index contributed by atoms with van der Waals surface area (Å²) in [5, 5.41) is 7.98. The van der Waals surface area contributed by atoms with Gasteiger partial charge in [-0.3, -0.25) is 24.8 Å². The van der Waals surface area contributed by atoms with E-state index in [1.165, 1.54) is 29.0 Å². The van der Waals surface area contributed by atoms with Crippen molar-refractivity contribution in [1.82, 2.24) is 20.5 Å². The summed E-state index contributed by atoms with van der Waals surface area (Å²) in [4.78, 5) is 38.8. The van der Waals surface area contributed by atoms with Crippen LogP contribution in [0.5, 0.6) is 0 Å². The number of anilines is 1. The number of carbonyl (C=O) groups is 2. The molecular formula is C29H24ClN5O3. The standard InChI is InChI=1S/C29H24ClN5O3/c1-34(25-20-31-35(29(38)26(25)30)23-17-9-4-10-18-23)33-28(37)24(19-11-14-21-12-5-2-6-13-21)32-27(36)22-15-7-3-8-16-22/h2-20H,1H3,(H,32,36)(H,33,37). The van der Waals surface area contributed by atoms with Gasteiger partial charge in [0.1, 0.15) is 16.4 Å². The number of nitrogens with zero attached hydrogens (tertiary/aromatic N) is 3. The monoisotopic (exact) mass is 525 g/mol. The number of hydrazine groups is 1. The van der Waals surface area contributed by atoms with Crippen LogP contribution < -0.4 is 21.3 Å². The van der Waals surface area contributed by atoms with Crippen molar-refractivity contribution in [2.24, 2.45) is 0 Å². The van der Waals surface area contributed by atoms with E-state index in [1.807, 2.05) is 36.4 Å². The predicted molar refractivity (Wildman–Crippen MR) is 149 cm³/mol. The number of carbonyl (C=O) groups excluding carboxylic acids is 2. The van der Waals surface area contributed by atoms with Crippen LogP contribution in [-0.4, -0.2) is 28.6 Å². The smallest absolute Gasteiger partial charge is 0.292 e. The fourth-order valence-corrected chi connectivity index (χ4v) is 3.72. The first kappa shape index (κ1) is 26.1. The lowest BCUT2D eigenvalue weighted by molar-refractivity contribution is -0.117. The normalized spacial score (nSPS) is 11.3. The molecule has 1 heterocycles. The van der Waals surface area contributed by atoms with Crippen molar-refractivity contribution in [3.63, 3.8) is 0 Å². The van der Waals surface area contributed by atoms with Crippen molar-refractivity contribution in [2.75, 3.05) is 12.1 Å². The van der Waals surface area contributed by atoms with E-state index in [0.717, 1.165) is 5.56 Å². The molecule has 4 aromatic rings. The molecule has 0 spiro atoms. The maximum absolute atomic E-state index is 13.2. The molecule has 0 aliphatic carbocycles. The Morgan fingerprint density at radius 1 is 0.921 bits per heavy atom. The van der Waals surface area contributed by atoms with Gasteiger partial charge >= 0.3 is 0 Å². The molecule has 0 aliphatic heterocycles. The number of para-hydroxylation sites is 1. The van der Waals surface area contributed by atoms with Crippen molar-refractivity contribution >= 4 is 35.2 Å². The van der Waals surface area contributed by atoms with E-state index in [2.05, 4.69) is 15.8 Å². The molecular weight excluding hydrogens is 502 g/mol. The summed E-state index contributed by atoms with van der Waals surface area (Å²) in [6, 6.07) is 26.9. The first-order chi connectivity index (χ1) is 18.4. The van der Waals surface area contributed by atoms with E-state index in [-0.39, 0.29) is 16.4 Å². The highest BCUT2D eigenvalue weighted by Gasteiger charge is 2.19. The summed E-state index contributed by atoms with van der Waals surface area (Å²) < 4.78 is 1.17. The van der Waals surface area contributed by atoms with Gasteiger partial charge in [-0.1, -0.05) is 90.5 Å². The second kappa shape index (κ2) is 12.3. The van der Waals surface area contributed by atoms with E-state index < -0.39 is 17.4 Å². The van der Waals surface area contributed by atoms with E-state index in [9.17, 15) is 14.4 Å². The maximum Gasteiger partial charge on any atom is 0.292 e. The maximum atomic E-state index is 13.2. The molecule has 0 bridgehead atoms. The first-order valence-corrected chi connectivity index (χ1v) is 12.0. The third-order valence-corrected chi connectivity index (χ3v) is 5.77. The average molecular weight is 526 g/mol. The Bertz CT molecular complexity index is 1540. The molecule has 3 aromatic carbocycles. The average Bonchev–Trinajstić information content (AvgIpc) is 2.95. The lowest BCUT2D eigenvalue weighted by atomic mass is 10.2. The Balaban J connectivity index is 1.57. The number of halogens is 1. The number of benzene rings is 3. The van der Waals surface area contributed by atoms with Crippen LogP contribution in [0.3, 0.4) is 0 Å². The zero-order chi connectivity index (χ0) is 26.9. The van der Waals surface area contributed by atoms with Crippen LogP contribution >= 0.6 is 11.6 Å². The zero-order valence-corrected chi connectivity index (χ0v) is 21.2. The van der Waals surface area contributed by atoms with Crippen LogP contribution in [0.4, 0.5) is 5.69 Å². The van der Waals surface area contributed by atoms with E-state index in [0.29, 0.717) is 11.3 Å². The highest BCUT2D eigenvalue weighted by Crippen LogP contribution is 2.19. The molecule has 4 rings (SSSR count). The van der Waals surface area contributed by atoms with Crippen molar-refractivity contribution in [1.29, 1.82) is 0 Å². The number of hydrogen-bond donors (Lipinski definition) is 2. The molecule has 0 atom stereocenters. The molecule has 9 heteroatoms. The lowest BCUT2D eigenvalue weighted by Gasteiger charge is -2.22. The Kier molecular flexibility index (Phi) is 8.48. The molecule has 190 valence electrons. The van der Waals surface area contributed by atoms with Crippen LogP contribution in [0.1, 0.15) is 15.9 Å². The minimum Gasteiger partial charge on any atom is -0.317 e. The Morgan fingerprint density at radius 2 is 1.53 bits per heavy atom. The third-order valence-electron chi connectivity index (χ3n) is 5.41. The molecule has 0 radical (unpaired) electrons. The molecule has 0 saturated heterocycles. The summed E-state index contributed by atoms with van der Waals surface area (Å²) in [5.74, 6) is -1.08. The van der Waals surface area contributed by atoms with Gasteiger partial charge in [0.05, 0.1) is 11.9 Å². The number of nitrogens with one attached hydrogen (secondary N) is 2. The number of aromatic nitrogens is 2. The van der Waals surface area contributed by atoms with Gasteiger partial charge < -0.3 is 5.32 Å². The quantitative estimate of drug-likeness (QED) is 0.202. The summed E-state index contributed by atoms with van der Waals surface area (Å²) >= 11 is 6.36. The Hall–Kier alpha value is -4.95. The largest absolute Gasteiger partial charge is 0.317 e. The van der Waals surface area contributed by atoms with Crippen LogP contribution in [0.2, 0.25) is 5.02 Å². The minimum absolute atomic E-state index is 0.0143. The topological polar surface area (TPSA) is 96.3 Å². The zero-order valence-electron chi connectivity index (χ0n) is 20.4. The first-order valence-electron chi connectivity index (χ1n) is 11.6. The van der Waals surface area contributed by atoms with Crippen molar-refractivity contribution in [2.45, 2.75) is 0 Å². The van der Waals surface area contributed by atoms with Gasteiger partial charge in [0.2, 0.25) is 0 Å². The van der Waals surface area contributed by atoms with Gasteiger partial charge in [-0.05, 0) is 35.9 Å². The van der Waals surface area contributed by atoms with Crippen molar-refractivity contribution in [3.05, 3.63) is 142 Å². The summed E-state index contributed by atoms with van der Waals surface area (Å²) in [5.41, 5.74) is 4.13. The molecule has 8 nitrogen and oxygen atoms in total. The van der Waals surface area contributed by atoms with Gasteiger partial charge in [0, 0.05) is 12.6 Å². The number of allylic oxidation sites excluding steroid dienone is 2. The summed E-state index contributed by atoms with van der Waals surface area (Å²) in [6.45, 7) is 0. The molecule has 0 unspecified atom stereocenters. The van der Waals surface area contributed by atoms with Gasteiger partial charge in [0.15, 0.2) is 0 Å². The Labute approximate surface area is 224 Å². The molecule has 38 heavy (non-hydrogen) atoms. The van der Waals surface area contributed by atoms with Crippen LogP contribution in [0.15, 0.2) is 120 Å². The predicted octanol–water partition coefficient (Wildman–Crippen LogP) is 4.38. The van der Waals surface area contributed by atoms with Crippen LogP contribution in [-0.2, 0) is 4.79 Å². The fourth-order valence-electron chi connectivity index (χ4n) is 3.46. The highest BCUT2D eigenvalue weighted by atomic mass is 35.5. The van der Waals surface area contributed by atoms with Crippen molar-refractivity contribution < 1.29 is 9.59 Å². The molecule has 0 fully saturated rings. The third kappa shape index (κ3) is 6.43. The van der Waals surface area contributed by atoms with Crippen LogP contribution in [0, 0.1) is 0 Å². The Morgan fingerprint density at radius 3 is 2.18 bits per heavy atom. The molecule has 0 saturated carbocycles. The molecule has 2 amide bonds. The van der Waals surface area contributed by atoms with Gasteiger partial charge in [-0.25, -0.2) is 0 Å². The van der Waals surface area contributed by atoms with E-state index in [1.54, 1.807) is 66.7 Å². The van der Waals surface area contributed by atoms with Gasteiger partial charge in [-0.2, -0.15) is 9.78 Å². The summed E-state index contributed by atoms with van der Waals surface area (Å²) in [7, 11) is 1.52. The van der Waals surface area contributed by atoms with Crippen LogP contribution in [0.25, 0.3) is 11.8 Å². The highest BCUT2D eigenvalue weighted by molar-refractivity contribution is 6.33. The van der Waals surface area contributed by atoms with E-state index in [4.69, 9.17) is 11.6 Å². The second-order valence-electron chi connectivity index (χ2n) is 8.07. The fraction of sp³-hybridized carbons (Fsp3) is 0.0345. The van der Waals surface area contributed by atoms with Crippen molar-refractivity contribution in [3.8, 4) is 5.69 Å². The molecule has 1 aromatic heterocycles. The number of rotatable bonds is 8. The second-order valence-corrected chi connectivity index (χ2v) is 8.44. The number of amides is 2. The SMILES string of the molecule is CN(NC(=O)C(=CC=Cc1ccccc1)NC(=O)c1ccccc1)c1cnn(-c2ccccc2)c(=O)c1Cl. The number of hydrogen-bond acceptors (Lipinski definition) is 5. The summed E-state index contributed by atoms with van der Waals surface area (Å²) in [6.07, 6.45) is 6.32. The molecule has 2 N–H and O–H groups in total.